The van der Waals surface area contributed by atoms with Crippen molar-refractivity contribution in [3.05, 3.63) is 57.0 Å². The molecule has 0 spiro atoms. The summed E-state index contributed by atoms with van der Waals surface area (Å²) in [5.74, 6) is 0.139. The SMILES string of the molecule is CC[C@@H](C(=O)NCCOc1ccc(C)c(Cl)c1)N(c1ccc(Cl)c(Cl)c1)S(C)(=O)=O. The van der Waals surface area contributed by atoms with Crippen LogP contribution < -0.4 is 14.4 Å². The molecule has 0 bridgehead atoms. The second-order valence-electron chi connectivity index (χ2n) is 6.63. The van der Waals surface area contributed by atoms with Crippen molar-refractivity contribution in [1.82, 2.24) is 5.32 Å². The summed E-state index contributed by atoms with van der Waals surface area (Å²) in [4.78, 5) is 12.7. The highest BCUT2D eigenvalue weighted by atomic mass is 35.5. The van der Waals surface area contributed by atoms with Crippen molar-refractivity contribution >= 4 is 56.4 Å². The summed E-state index contributed by atoms with van der Waals surface area (Å²) in [6.07, 6.45) is 1.29. The van der Waals surface area contributed by atoms with Gasteiger partial charge in [-0.15, -0.1) is 0 Å². The zero-order chi connectivity index (χ0) is 22.5. The van der Waals surface area contributed by atoms with E-state index in [0.29, 0.717) is 15.8 Å². The predicted molar refractivity (Wildman–Crippen MR) is 123 cm³/mol. The van der Waals surface area contributed by atoms with E-state index in [1.807, 2.05) is 13.0 Å². The minimum Gasteiger partial charge on any atom is -0.492 e. The van der Waals surface area contributed by atoms with Gasteiger partial charge in [-0.3, -0.25) is 9.10 Å². The molecular formula is C20H23Cl3N2O4S. The number of anilines is 1. The summed E-state index contributed by atoms with van der Waals surface area (Å²) >= 11 is 18.0. The number of benzene rings is 2. The quantitative estimate of drug-likeness (QED) is 0.514. The van der Waals surface area contributed by atoms with Gasteiger partial charge in [0.25, 0.3) is 0 Å². The molecule has 1 N–H and O–H groups in total. The van der Waals surface area contributed by atoms with Gasteiger partial charge in [-0.1, -0.05) is 47.8 Å². The lowest BCUT2D eigenvalue weighted by molar-refractivity contribution is -0.122. The van der Waals surface area contributed by atoms with Gasteiger partial charge in [-0.05, 0) is 49.2 Å². The first-order chi connectivity index (χ1) is 14.0. The standard InChI is InChI=1S/C20H23Cl3N2O4S/c1-4-19(25(30(3,27)28)14-6-8-16(21)18(23)11-14)20(26)24-9-10-29-15-7-5-13(2)17(22)12-15/h5-8,11-12,19H,4,9-10H2,1-3H3,(H,24,26)/t19-/m0/s1. The number of carbonyl (C=O) groups is 1. The molecule has 30 heavy (non-hydrogen) atoms. The average molecular weight is 494 g/mol. The first-order valence-corrected chi connectivity index (χ1v) is 12.1. The molecule has 0 aromatic heterocycles. The molecule has 0 fully saturated rings. The fraction of sp³-hybridized carbons (Fsp3) is 0.350. The molecule has 2 rings (SSSR count). The molecule has 0 saturated carbocycles. The Hall–Kier alpha value is -1.67. The van der Waals surface area contributed by atoms with Crippen molar-refractivity contribution < 1.29 is 17.9 Å². The van der Waals surface area contributed by atoms with Crippen LogP contribution >= 0.6 is 34.8 Å². The van der Waals surface area contributed by atoms with Crippen LogP contribution in [0.5, 0.6) is 5.75 Å². The van der Waals surface area contributed by atoms with Crippen LogP contribution in [0, 0.1) is 6.92 Å². The number of amides is 1. The van der Waals surface area contributed by atoms with Crippen molar-refractivity contribution in [1.29, 1.82) is 0 Å². The molecule has 164 valence electrons. The highest BCUT2D eigenvalue weighted by molar-refractivity contribution is 7.92. The number of carbonyl (C=O) groups excluding carboxylic acids is 1. The minimum absolute atomic E-state index is 0.194. The Morgan fingerprint density at radius 3 is 2.37 bits per heavy atom. The fourth-order valence-electron chi connectivity index (χ4n) is 2.81. The second-order valence-corrected chi connectivity index (χ2v) is 9.71. The van der Waals surface area contributed by atoms with Gasteiger partial charge < -0.3 is 10.1 Å². The maximum Gasteiger partial charge on any atom is 0.244 e. The van der Waals surface area contributed by atoms with E-state index < -0.39 is 22.0 Å². The number of ether oxygens (including phenoxy) is 1. The molecule has 0 unspecified atom stereocenters. The summed E-state index contributed by atoms with van der Waals surface area (Å²) in [6, 6.07) is 8.79. The van der Waals surface area contributed by atoms with E-state index in [1.165, 1.54) is 18.2 Å². The average Bonchev–Trinajstić information content (AvgIpc) is 2.67. The van der Waals surface area contributed by atoms with Gasteiger partial charge in [0.15, 0.2) is 0 Å². The number of hydrogen-bond donors (Lipinski definition) is 1. The van der Waals surface area contributed by atoms with Crippen molar-refractivity contribution in [3.63, 3.8) is 0 Å². The Labute approximate surface area is 192 Å². The lowest BCUT2D eigenvalue weighted by Gasteiger charge is -2.30. The second kappa shape index (κ2) is 10.6. The third-order valence-corrected chi connectivity index (χ3v) is 6.63. The number of nitrogens with zero attached hydrogens (tertiary/aromatic N) is 1. The van der Waals surface area contributed by atoms with Gasteiger partial charge >= 0.3 is 0 Å². The number of aryl methyl sites for hydroxylation is 1. The van der Waals surface area contributed by atoms with Crippen molar-refractivity contribution in [2.24, 2.45) is 0 Å². The highest BCUT2D eigenvalue weighted by Gasteiger charge is 2.31. The number of halogens is 3. The summed E-state index contributed by atoms with van der Waals surface area (Å²) in [6.45, 7) is 4.01. The van der Waals surface area contributed by atoms with Crippen LogP contribution in [0.4, 0.5) is 5.69 Å². The van der Waals surface area contributed by atoms with Crippen LogP contribution in [0.15, 0.2) is 36.4 Å². The first kappa shape index (κ1) is 24.6. The van der Waals surface area contributed by atoms with Gasteiger partial charge in [0, 0.05) is 5.02 Å². The molecule has 0 aliphatic carbocycles. The maximum atomic E-state index is 12.7. The van der Waals surface area contributed by atoms with E-state index in [-0.39, 0.29) is 30.3 Å². The summed E-state index contributed by atoms with van der Waals surface area (Å²) < 4.78 is 31.5. The van der Waals surface area contributed by atoms with Crippen molar-refractivity contribution in [2.75, 3.05) is 23.7 Å². The third kappa shape index (κ3) is 6.41. The maximum absolute atomic E-state index is 12.7. The minimum atomic E-state index is -3.76. The number of rotatable bonds is 9. The van der Waals surface area contributed by atoms with Gasteiger partial charge in [0.2, 0.25) is 15.9 Å². The lowest BCUT2D eigenvalue weighted by Crippen LogP contribution is -2.50. The van der Waals surface area contributed by atoms with Crippen LogP contribution in [-0.2, 0) is 14.8 Å². The van der Waals surface area contributed by atoms with E-state index in [2.05, 4.69) is 5.32 Å². The number of hydrogen-bond acceptors (Lipinski definition) is 4. The molecule has 0 saturated heterocycles. The summed E-state index contributed by atoms with van der Waals surface area (Å²) in [7, 11) is -3.76. The molecule has 0 aliphatic rings. The van der Waals surface area contributed by atoms with Crippen LogP contribution in [0.2, 0.25) is 15.1 Å². The highest BCUT2D eigenvalue weighted by Crippen LogP contribution is 2.30. The largest absolute Gasteiger partial charge is 0.492 e. The fourth-order valence-corrected chi connectivity index (χ4v) is 4.47. The molecule has 2 aromatic rings. The summed E-state index contributed by atoms with van der Waals surface area (Å²) in [5.41, 5.74) is 1.20. The van der Waals surface area contributed by atoms with Gasteiger partial charge in [0.05, 0.1) is 28.5 Å². The Balaban J connectivity index is 2.07. The molecule has 0 heterocycles. The van der Waals surface area contributed by atoms with E-state index >= 15 is 0 Å². The molecule has 1 atom stereocenters. The van der Waals surface area contributed by atoms with E-state index in [4.69, 9.17) is 39.5 Å². The van der Waals surface area contributed by atoms with Crippen LogP contribution in [-0.4, -0.2) is 39.8 Å². The predicted octanol–water partition coefficient (Wildman–Crippen LogP) is 4.70. The lowest BCUT2D eigenvalue weighted by atomic mass is 10.2. The zero-order valence-corrected chi connectivity index (χ0v) is 19.9. The molecule has 1 amide bonds. The molecule has 10 heteroatoms. The zero-order valence-electron chi connectivity index (χ0n) is 16.8. The Morgan fingerprint density at radius 1 is 1.10 bits per heavy atom. The van der Waals surface area contributed by atoms with E-state index in [0.717, 1.165) is 16.1 Å². The smallest absolute Gasteiger partial charge is 0.244 e. The summed E-state index contributed by atoms with van der Waals surface area (Å²) in [5, 5.41) is 3.80. The number of sulfonamides is 1. The van der Waals surface area contributed by atoms with E-state index in [1.54, 1.807) is 19.1 Å². The van der Waals surface area contributed by atoms with Gasteiger partial charge in [-0.2, -0.15) is 0 Å². The third-order valence-electron chi connectivity index (χ3n) is 4.30. The Bertz CT molecular complexity index is 1020. The van der Waals surface area contributed by atoms with Crippen LogP contribution in [0.1, 0.15) is 18.9 Å². The van der Waals surface area contributed by atoms with Crippen LogP contribution in [0.3, 0.4) is 0 Å². The van der Waals surface area contributed by atoms with Crippen LogP contribution in [0.25, 0.3) is 0 Å². The molecule has 2 aromatic carbocycles. The number of nitrogens with one attached hydrogen (secondary N) is 1. The molecule has 0 aliphatic heterocycles. The Morgan fingerprint density at radius 2 is 1.80 bits per heavy atom. The molecule has 6 nitrogen and oxygen atoms in total. The van der Waals surface area contributed by atoms with Gasteiger partial charge in [-0.25, -0.2) is 8.42 Å². The Kier molecular flexibility index (Phi) is 8.67. The topological polar surface area (TPSA) is 75.7 Å². The van der Waals surface area contributed by atoms with E-state index in [9.17, 15) is 13.2 Å². The molecular weight excluding hydrogens is 471 g/mol. The molecule has 0 radical (unpaired) electrons. The van der Waals surface area contributed by atoms with Crippen molar-refractivity contribution in [2.45, 2.75) is 26.3 Å². The normalized spacial score (nSPS) is 12.3. The first-order valence-electron chi connectivity index (χ1n) is 9.15. The van der Waals surface area contributed by atoms with Crippen molar-refractivity contribution in [3.8, 4) is 5.75 Å². The monoisotopic (exact) mass is 492 g/mol. The van der Waals surface area contributed by atoms with Gasteiger partial charge in [0.1, 0.15) is 18.4 Å².